The Labute approximate surface area is 141 Å². The van der Waals surface area contributed by atoms with Crippen LogP contribution in [0.2, 0.25) is 0 Å². The van der Waals surface area contributed by atoms with Crippen LogP contribution in [0.4, 0.5) is 5.69 Å². The fraction of sp³-hybridized carbons (Fsp3) is 0.357. The molecule has 1 aromatic rings. The minimum absolute atomic E-state index is 0.0376. The number of esters is 2. The fourth-order valence-electron chi connectivity index (χ4n) is 2.64. The van der Waals surface area contributed by atoms with Crippen LogP contribution in [0.25, 0.3) is 0 Å². The number of rotatable bonds is 2. The molecule has 0 unspecified atom stereocenters. The molecule has 1 saturated heterocycles. The van der Waals surface area contributed by atoms with E-state index in [2.05, 4.69) is 4.40 Å². The van der Waals surface area contributed by atoms with Gasteiger partial charge in [-0.25, -0.2) is 18.0 Å². The second-order valence-electron chi connectivity index (χ2n) is 5.45. The van der Waals surface area contributed by atoms with Gasteiger partial charge in [0.1, 0.15) is 0 Å². The fourth-order valence-corrected chi connectivity index (χ4v) is 4.94. The number of sulfonamides is 1. The highest BCUT2D eigenvalue weighted by molar-refractivity contribution is 8.15. The molecule has 1 fully saturated rings. The predicted molar refractivity (Wildman–Crippen MR) is 85.6 cm³/mol. The summed E-state index contributed by atoms with van der Waals surface area (Å²) >= 11 is 1.19. The SMILES string of the molecule is O=C(O[C@@H]1CCOC1=O)c1ccc2c(c1)SC1=NS(=O)(=O)CCN12. The third kappa shape index (κ3) is 2.65. The van der Waals surface area contributed by atoms with E-state index in [9.17, 15) is 18.0 Å². The van der Waals surface area contributed by atoms with E-state index in [4.69, 9.17) is 9.47 Å². The Kier molecular flexibility index (Phi) is 3.53. The summed E-state index contributed by atoms with van der Waals surface area (Å²) in [5.74, 6) is -1.18. The van der Waals surface area contributed by atoms with Crippen LogP contribution in [0, 0.1) is 0 Å². The quantitative estimate of drug-likeness (QED) is 0.706. The summed E-state index contributed by atoms with van der Waals surface area (Å²) in [6.45, 7) is 0.582. The van der Waals surface area contributed by atoms with Crippen molar-refractivity contribution in [1.82, 2.24) is 0 Å². The molecule has 3 aliphatic rings. The molecular formula is C14H12N2O6S2. The van der Waals surface area contributed by atoms with E-state index >= 15 is 0 Å². The summed E-state index contributed by atoms with van der Waals surface area (Å²) in [4.78, 5) is 26.1. The lowest BCUT2D eigenvalue weighted by Crippen LogP contribution is -2.35. The van der Waals surface area contributed by atoms with Gasteiger partial charge in [-0.05, 0) is 30.0 Å². The van der Waals surface area contributed by atoms with Crippen LogP contribution >= 0.6 is 11.8 Å². The zero-order chi connectivity index (χ0) is 16.9. The monoisotopic (exact) mass is 368 g/mol. The van der Waals surface area contributed by atoms with E-state index in [1.807, 2.05) is 4.90 Å². The molecule has 126 valence electrons. The molecule has 24 heavy (non-hydrogen) atoms. The lowest BCUT2D eigenvalue weighted by molar-refractivity contribution is -0.145. The molecule has 1 atom stereocenters. The van der Waals surface area contributed by atoms with Crippen molar-refractivity contribution in [3.05, 3.63) is 23.8 Å². The second-order valence-corrected chi connectivity index (χ2v) is 8.21. The van der Waals surface area contributed by atoms with Gasteiger partial charge in [-0.15, -0.1) is 4.40 Å². The number of anilines is 1. The van der Waals surface area contributed by atoms with Gasteiger partial charge < -0.3 is 14.4 Å². The smallest absolute Gasteiger partial charge is 0.347 e. The molecule has 0 saturated carbocycles. The Morgan fingerprint density at radius 3 is 3.00 bits per heavy atom. The van der Waals surface area contributed by atoms with E-state index in [1.54, 1.807) is 18.2 Å². The topological polar surface area (TPSA) is 102 Å². The standard InChI is InChI=1S/C14H12N2O6S2/c17-12(22-10-3-5-21-13(10)18)8-1-2-9-11(7-8)23-14-15-24(19,20)6-4-16(9)14/h1-2,7,10H,3-6H2/t10-/m1/s1. The molecule has 0 spiro atoms. The number of fused-ring (bicyclic) bond motifs is 3. The maximum absolute atomic E-state index is 12.2. The highest BCUT2D eigenvalue weighted by atomic mass is 32.2. The average molecular weight is 368 g/mol. The number of carbonyl (C=O) groups excluding carboxylic acids is 2. The van der Waals surface area contributed by atoms with Gasteiger partial charge in [-0.2, -0.15) is 0 Å². The first-order valence-electron chi connectivity index (χ1n) is 7.23. The molecule has 3 aliphatic heterocycles. The molecule has 10 heteroatoms. The number of cyclic esters (lactones) is 1. The maximum Gasteiger partial charge on any atom is 0.347 e. The zero-order valence-corrected chi connectivity index (χ0v) is 13.9. The number of nitrogens with zero attached hydrogens (tertiary/aromatic N) is 2. The summed E-state index contributed by atoms with van der Waals surface area (Å²) in [6.07, 6.45) is -0.508. The summed E-state index contributed by atoms with van der Waals surface area (Å²) in [6, 6.07) is 4.94. The first-order chi connectivity index (χ1) is 11.4. The Balaban J connectivity index is 1.58. The van der Waals surface area contributed by atoms with Gasteiger partial charge in [0.2, 0.25) is 6.10 Å². The zero-order valence-electron chi connectivity index (χ0n) is 12.3. The number of hydrogen-bond donors (Lipinski definition) is 0. The summed E-state index contributed by atoms with van der Waals surface area (Å²) in [5.41, 5.74) is 1.11. The summed E-state index contributed by atoms with van der Waals surface area (Å²) in [5, 5.41) is 0.390. The molecule has 1 aromatic carbocycles. The van der Waals surface area contributed by atoms with Crippen LogP contribution in [-0.4, -0.2) is 50.5 Å². The van der Waals surface area contributed by atoms with Gasteiger partial charge in [-0.1, -0.05) is 0 Å². The predicted octanol–water partition coefficient (Wildman–Crippen LogP) is 0.770. The molecule has 4 rings (SSSR count). The van der Waals surface area contributed by atoms with Crippen LogP contribution in [0.1, 0.15) is 16.8 Å². The summed E-state index contributed by atoms with van der Waals surface area (Å²) in [7, 11) is -3.42. The molecule has 0 aliphatic carbocycles. The third-order valence-corrected chi connectivity index (χ3v) is 6.15. The molecule has 0 N–H and O–H groups in total. The van der Waals surface area contributed by atoms with Crippen LogP contribution in [0.3, 0.4) is 0 Å². The Hall–Kier alpha value is -2.07. The van der Waals surface area contributed by atoms with Gasteiger partial charge in [0.15, 0.2) is 5.17 Å². The summed E-state index contributed by atoms with van der Waals surface area (Å²) < 4.78 is 36.9. The van der Waals surface area contributed by atoms with Crippen molar-refractivity contribution >= 4 is 44.6 Å². The molecule has 3 heterocycles. The van der Waals surface area contributed by atoms with Crippen LogP contribution in [0.15, 0.2) is 27.5 Å². The minimum Gasteiger partial charge on any atom is -0.463 e. The Bertz CT molecular complexity index is 879. The maximum atomic E-state index is 12.2. The van der Waals surface area contributed by atoms with Gasteiger partial charge >= 0.3 is 11.9 Å². The Morgan fingerprint density at radius 1 is 1.42 bits per heavy atom. The molecule has 0 aromatic heterocycles. The van der Waals surface area contributed by atoms with Crippen molar-refractivity contribution < 1.29 is 27.5 Å². The largest absolute Gasteiger partial charge is 0.463 e. The highest BCUT2D eigenvalue weighted by Gasteiger charge is 2.34. The van der Waals surface area contributed by atoms with Crippen molar-refractivity contribution in [2.75, 3.05) is 23.8 Å². The van der Waals surface area contributed by atoms with Crippen LogP contribution in [0.5, 0.6) is 0 Å². The second kappa shape index (κ2) is 5.49. The van der Waals surface area contributed by atoms with Crippen molar-refractivity contribution in [2.24, 2.45) is 4.40 Å². The van der Waals surface area contributed by atoms with Crippen molar-refractivity contribution in [3.8, 4) is 0 Å². The van der Waals surface area contributed by atoms with E-state index in [-0.39, 0.29) is 12.4 Å². The highest BCUT2D eigenvalue weighted by Crippen LogP contribution is 2.42. The lowest BCUT2D eigenvalue weighted by Gasteiger charge is -2.22. The molecule has 0 radical (unpaired) electrons. The van der Waals surface area contributed by atoms with Gasteiger partial charge in [0.25, 0.3) is 10.0 Å². The number of thioether (sulfide) groups is 1. The van der Waals surface area contributed by atoms with Crippen molar-refractivity contribution in [1.29, 1.82) is 0 Å². The first-order valence-corrected chi connectivity index (χ1v) is 9.65. The van der Waals surface area contributed by atoms with Gasteiger partial charge in [0, 0.05) is 17.9 Å². The number of amidine groups is 1. The van der Waals surface area contributed by atoms with Gasteiger partial charge in [0.05, 0.1) is 23.6 Å². The normalized spacial score (nSPS) is 24.0. The van der Waals surface area contributed by atoms with Gasteiger partial charge in [-0.3, -0.25) is 0 Å². The van der Waals surface area contributed by atoms with E-state index in [0.717, 1.165) is 10.6 Å². The number of carbonyl (C=O) groups is 2. The molecule has 0 amide bonds. The third-order valence-electron chi connectivity index (χ3n) is 3.85. The van der Waals surface area contributed by atoms with E-state index < -0.39 is 28.1 Å². The molecule has 8 nitrogen and oxygen atoms in total. The molecule has 0 bridgehead atoms. The molecular weight excluding hydrogens is 356 g/mol. The Morgan fingerprint density at radius 2 is 2.25 bits per heavy atom. The average Bonchev–Trinajstić information content (AvgIpc) is 3.08. The van der Waals surface area contributed by atoms with Crippen LogP contribution in [-0.2, 0) is 24.3 Å². The van der Waals surface area contributed by atoms with Crippen molar-refractivity contribution in [2.45, 2.75) is 17.4 Å². The first kappa shape index (κ1) is 15.5. The van der Waals surface area contributed by atoms with Crippen molar-refractivity contribution in [3.63, 3.8) is 0 Å². The van der Waals surface area contributed by atoms with Crippen LogP contribution < -0.4 is 4.90 Å². The van der Waals surface area contributed by atoms with E-state index in [0.29, 0.717) is 23.7 Å². The lowest BCUT2D eigenvalue weighted by atomic mass is 10.2. The number of ether oxygens (including phenoxy) is 2. The number of benzene rings is 1. The minimum atomic E-state index is -3.42. The number of hydrogen-bond acceptors (Lipinski definition) is 8. The van der Waals surface area contributed by atoms with E-state index in [1.165, 1.54) is 11.8 Å².